The van der Waals surface area contributed by atoms with Crippen LogP contribution in [0.15, 0.2) is 0 Å². The van der Waals surface area contributed by atoms with Crippen molar-refractivity contribution in [2.45, 2.75) is 33.1 Å². The summed E-state index contributed by atoms with van der Waals surface area (Å²) >= 11 is 0. The molecule has 1 saturated carbocycles. The van der Waals surface area contributed by atoms with Crippen molar-refractivity contribution in [1.29, 1.82) is 5.41 Å². The maximum absolute atomic E-state index is 7.12. The van der Waals surface area contributed by atoms with Gasteiger partial charge < -0.3 is 5.41 Å². The van der Waals surface area contributed by atoms with Crippen LogP contribution in [0.1, 0.15) is 33.1 Å². The van der Waals surface area contributed by atoms with Crippen LogP contribution in [0.25, 0.3) is 0 Å². The molecule has 0 radical (unpaired) electrons. The van der Waals surface area contributed by atoms with E-state index in [1.165, 1.54) is 12.8 Å². The number of nitrogens with one attached hydrogen (secondary N) is 1. The van der Waals surface area contributed by atoms with Crippen molar-refractivity contribution in [1.82, 2.24) is 0 Å². The summed E-state index contributed by atoms with van der Waals surface area (Å²) < 4.78 is 0. The molecule has 0 spiro atoms. The van der Waals surface area contributed by atoms with E-state index in [0.29, 0.717) is 5.92 Å². The number of hydrogen-bond donors (Lipinski definition) is 1. The van der Waals surface area contributed by atoms with Gasteiger partial charge in [-0.15, -0.1) is 0 Å². The maximum Gasteiger partial charge on any atom is -0.00167 e. The van der Waals surface area contributed by atoms with Gasteiger partial charge in [-0.25, -0.2) is 0 Å². The lowest BCUT2D eigenvalue weighted by atomic mass is 10.0. The van der Waals surface area contributed by atoms with Gasteiger partial charge >= 0.3 is 0 Å². The van der Waals surface area contributed by atoms with E-state index in [2.05, 4.69) is 13.8 Å². The van der Waals surface area contributed by atoms with Crippen LogP contribution >= 0.6 is 0 Å². The Morgan fingerprint density at radius 1 is 1.70 bits per heavy atom. The summed E-state index contributed by atoms with van der Waals surface area (Å²) in [6.07, 6.45) is 5.43. The van der Waals surface area contributed by atoms with E-state index < -0.39 is 0 Å². The lowest BCUT2D eigenvalue weighted by Crippen LogP contribution is -2.00. The zero-order chi connectivity index (χ0) is 7.56. The summed E-state index contributed by atoms with van der Waals surface area (Å²) in [5, 5.41) is 7.12. The molecular formula is C9H17N. The predicted molar refractivity (Wildman–Crippen MR) is 44.5 cm³/mol. The fourth-order valence-corrected chi connectivity index (χ4v) is 1.47. The minimum absolute atomic E-state index is 0.565. The number of rotatable bonds is 4. The molecule has 0 saturated heterocycles. The van der Waals surface area contributed by atoms with Gasteiger partial charge in [0.2, 0.25) is 0 Å². The highest BCUT2D eigenvalue weighted by Crippen LogP contribution is 2.42. The molecule has 1 unspecified atom stereocenters. The molecule has 1 N–H and O–H groups in total. The second kappa shape index (κ2) is 3.18. The molecule has 1 aliphatic rings. The van der Waals surface area contributed by atoms with Crippen LogP contribution < -0.4 is 0 Å². The zero-order valence-electron chi connectivity index (χ0n) is 6.93. The zero-order valence-corrected chi connectivity index (χ0v) is 6.93. The van der Waals surface area contributed by atoms with Crippen molar-refractivity contribution in [3.05, 3.63) is 0 Å². The van der Waals surface area contributed by atoms with E-state index in [4.69, 9.17) is 5.41 Å². The molecule has 1 aliphatic carbocycles. The molecule has 10 heavy (non-hydrogen) atoms. The quantitative estimate of drug-likeness (QED) is 0.579. The molecule has 58 valence electrons. The van der Waals surface area contributed by atoms with Gasteiger partial charge in [0.1, 0.15) is 0 Å². The first-order valence-electron chi connectivity index (χ1n) is 4.28. The highest BCUT2D eigenvalue weighted by atomic mass is 14.4. The van der Waals surface area contributed by atoms with Gasteiger partial charge in [-0.2, -0.15) is 0 Å². The molecule has 1 rings (SSSR count). The largest absolute Gasteiger partial charge is 0.313 e. The Labute approximate surface area is 63.3 Å². The Morgan fingerprint density at radius 2 is 2.30 bits per heavy atom. The summed E-state index contributed by atoms with van der Waals surface area (Å²) in [6.45, 7) is 4.48. The Kier molecular flexibility index (Phi) is 2.47. The van der Waals surface area contributed by atoms with Crippen LogP contribution in [0.5, 0.6) is 0 Å². The third kappa shape index (κ3) is 1.83. The topological polar surface area (TPSA) is 23.9 Å². The van der Waals surface area contributed by atoms with Crippen LogP contribution in [0.4, 0.5) is 0 Å². The lowest BCUT2D eigenvalue weighted by molar-refractivity contribution is 0.545. The molecule has 0 aliphatic heterocycles. The maximum atomic E-state index is 7.12. The van der Waals surface area contributed by atoms with E-state index in [1.54, 1.807) is 6.21 Å². The second-order valence-electron chi connectivity index (χ2n) is 3.54. The minimum Gasteiger partial charge on any atom is -0.313 e. The van der Waals surface area contributed by atoms with E-state index in [-0.39, 0.29) is 0 Å². The predicted octanol–water partition coefficient (Wildman–Crippen LogP) is 2.71. The van der Waals surface area contributed by atoms with Crippen LogP contribution in [0.3, 0.4) is 0 Å². The first kappa shape index (κ1) is 7.77. The molecule has 1 heteroatoms. The first-order valence-corrected chi connectivity index (χ1v) is 4.28. The smallest absolute Gasteiger partial charge is 0.00167 e. The highest BCUT2D eigenvalue weighted by molar-refractivity contribution is 5.56. The Bertz CT molecular complexity index is 120. The fourth-order valence-electron chi connectivity index (χ4n) is 1.47. The Balaban J connectivity index is 2.16. The van der Waals surface area contributed by atoms with Crippen LogP contribution in [-0.4, -0.2) is 6.21 Å². The Morgan fingerprint density at radius 3 is 2.60 bits per heavy atom. The van der Waals surface area contributed by atoms with Crippen molar-refractivity contribution in [3.63, 3.8) is 0 Å². The van der Waals surface area contributed by atoms with Crippen molar-refractivity contribution < 1.29 is 0 Å². The summed E-state index contributed by atoms with van der Waals surface area (Å²) in [5.41, 5.74) is 0. The summed E-state index contributed by atoms with van der Waals surface area (Å²) in [7, 11) is 0. The van der Waals surface area contributed by atoms with Crippen molar-refractivity contribution in [2.24, 2.45) is 17.8 Å². The molecular weight excluding hydrogens is 122 g/mol. The Hall–Kier alpha value is -0.330. The molecule has 3 atom stereocenters. The fraction of sp³-hybridized carbons (Fsp3) is 0.889. The van der Waals surface area contributed by atoms with Gasteiger partial charge in [-0.3, -0.25) is 0 Å². The van der Waals surface area contributed by atoms with Gasteiger partial charge in [-0.05, 0) is 43.2 Å². The molecule has 1 fully saturated rings. The summed E-state index contributed by atoms with van der Waals surface area (Å²) in [4.78, 5) is 0. The average Bonchev–Trinajstić information content (AvgIpc) is 2.62. The second-order valence-corrected chi connectivity index (χ2v) is 3.54. The van der Waals surface area contributed by atoms with Crippen LogP contribution in [0.2, 0.25) is 0 Å². The van der Waals surface area contributed by atoms with E-state index in [9.17, 15) is 0 Å². The van der Waals surface area contributed by atoms with Gasteiger partial charge in [-0.1, -0.05) is 13.8 Å². The standard InChI is InChI=1S/C9H17N/c1-3-8(6-10)5-9-4-7(9)2/h6-10H,3-5H2,1-2H3/t7-,8+,9?/m0/s1. The molecule has 0 aromatic carbocycles. The highest BCUT2D eigenvalue weighted by Gasteiger charge is 2.33. The van der Waals surface area contributed by atoms with Crippen molar-refractivity contribution in [3.8, 4) is 0 Å². The molecule has 1 nitrogen and oxygen atoms in total. The van der Waals surface area contributed by atoms with Gasteiger partial charge in [0.15, 0.2) is 0 Å². The third-order valence-corrected chi connectivity index (χ3v) is 2.64. The summed E-state index contributed by atoms with van der Waals surface area (Å²) in [5.74, 6) is 2.47. The molecule has 0 heterocycles. The molecule has 0 amide bonds. The average molecular weight is 139 g/mol. The van der Waals surface area contributed by atoms with Crippen LogP contribution in [-0.2, 0) is 0 Å². The van der Waals surface area contributed by atoms with Gasteiger partial charge in [0, 0.05) is 0 Å². The minimum atomic E-state index is 0.565. The molecule has 0 aromatic heterocycles. The third-order valence-electron chi connectivity index (χ3n) is 2.64. The first-order chi connectivity index (χ1) is 4.77. The lowest BCUT2D eigenvalue weighted by Gasteiger charge is -2.05. The van der Waals surface area contributed by atoms with Crippen molar-refractivity contribution >= 4 is 6.21 Å². The molecule has 0 aromatic rings. The van der Waals surface area contributed by atoms with Gasteiger partial charge in [0.25, 0.3) is 0 Å². The normalized spacial score (nSPS) is 33.4. The molecule has 0 bridgehead atoms. The SMILES string of the molecule is CC[C@@H](C=N)CC1C[C@@H]1C. The monoisotopic (exact) mass is 139 g/mol. The number of hydrogen-bond acceptors (Lipinski definition) is 1. The van der Waals surface area contributed by atoms with Crippen molar-refractivity contribution in [2.75, 3.05) is 0 Å². The van der Waals surface area contributed by atoms with Gasteiger partial charge in [0.05, 0.1) is 0 Å². The van der Waals surface area contributed by atoms with E-state index >= 15 is 0 Å². The van der Waals surface area contributed by atoms with Crippen LogP contribution in [0, 0.1) is 23.2 Å². The van der Waals surface area contributed by atoms with E-state index in [1.807, 2.05) is 0 Å². The van der Waals surface area contributed by atoms with E-state index in [0.717, 1.165) is 18.3 Å². The summed E-state index contributed by atoms with van der Waals surface area (Å²) in [6, 6.07) is 0.